The second kappa shape index (κ2) is 3.24. The molecule has 0 aliphatic carbocycles. The number of hydrogen-bond donors (Lipinski definition) is 0. The van der Waals surface area contributed by atoms with Gasteiger partial charge in [-0.25, -0.2) is 0 Å². The Bertz CT molecular complexity index is 744. The Labute approximate surface area is 92.9 Å². The van der Waals surface area contributed by atoms with E-state index in [9.17, 15) is 4.79 Å². The minimum atomic E-state index is 0.0422. The summed E-state index contributed by atoms with van der Waals surface area (Å²) in [5, 5.41) is 1.29. The zero-order chi connectivity index (χ0) is 11.1. The number of rotatable bonds is 0. The van der Waals surface area contributed by atoms with Gasteiger partial charge in [0.2, 0.25) is 0 Å². The maximum atomic E-state index is 12.2. The summed E-state index contributed by atoms with van der Waals surface area (Å²) in [6.07, 6.45) is 0. The summed E-state index contributed by atoms with van der Waals surface area (Å²) >= 11 is 0. The Morgan fingerprint density at radius 2 is 1.69 bits per heavy atom. The second-order valence-electron chi connectivity index (χ2n) is 3.88. The van der Waals surface area contributed by atoms with Crippen molar-refractivity contribution in [2.75, 3.05) is 0 Å². The van der Waals surface area contributed by atoms with Gasteiger partial charge < -0.3 is 4.42 Å². The van der Waals surface area contributed by atoms with Crippen LogP contribution in [-0.4, -0.2) is 7.85 Å². The minimum absolute atomic E-state index is 0.0422. The van der Waals surface area contributed by atoms with Crippen molar-refractivity contribution >= 4 is 35.2 Å². The first kappa shape index (κ1) is 9.22. The third-order valence-corrected chi connectivity index (χ3v) is 2.80. The lowest BCUT2D eigenvalue weighted by Crippen LogP contribution is -2.09. The fourth-order valence-electron chi connectivity index (χ4n) is 1.97. The van der Waals surface area contributed by atoms with Gasteiger partial charge in [0.15, 0.2) is 5.43 Å². The van der Waals surface area contributed by atoms with Gasteiger partial charge in [-0.1, -0.05) is 24.3 Å². The third-order valence-electron chi connectivity index (χ3n) is 2.80. The summed E-state index contributed by atoms with van der Waals surface area (Å²) in [6.45, 7) is 0. The van der Waals surface area contributed by atoms with Gasteiger partial charge in [-0.05, 0) is 23.7 Å². The van der Waals surface area contributed by atoms with E-state index in [1.165, 1.54) is 0 Å². The molecule has 0 aliphatic heterocycles. The van der Waals surface area contributed by atoms with Gasteiger partial charge in [0.1, 0.15) is 19.0 Å². The molecule has 0 N–H and O–H groups in total. The molecule has 1 aromatic heterocycles. The molecule has 0 saturated carbocycles. The molecule has 0 spiro atoms. The molecule has 0 radical (unpaired) electrons. The van der Waals surface area contributed by atoms with Crippen molar-refractivity contribution in [2.45, 2.75) is 0 Å². The number of para-hydroxylation sites is 2. The highest BCUT2D eigenvalue weighted by Gasteiger charge is 2.07. The molecular formula is C13H9BO2. The van der Waals surface area contributed by atoms with Gasteiger partial charge in [0, 0.05) is 0 Å². The van der Waals surface area contributed by atoms with Crippen molar-refractivity contribution in [2.24, 2.45) is 0 Å². The van der Waals surface area contributed by atoms with Gasteiger partial charge >= 0.3 is 0 Å². The number of fused-ring (bicyclic) bond motifs is 2. The van der Waals surface area contributed by atoms with Crippen LogP contribution in [0.4, 0.5) is 0 Å². The molecule has 0 fully saturated rings. The van der Waals surface area contributed by atoms with Crippen molar-refractivity contribution < 1.29 is 4.42 Å². The van der Waals surface area contributed by atoms with E-state index in [0.717, 1.165) is 5.46 Å². The van der Waals surface area contributed by atoms with E-state index in [0.29, 0.717) is 21.9 Å². The molecule has 1 heterocycles. The van der Waals surface area contributed by atoms with Crippen LogP contribution < -0.4 is 10.9 Å². The molecule has 0 amide bonds. The SMILES string of the molecule is Bc1cccc2c(=O)c3ccccc3oc12. The molecule has 76 valence electrons. The van der Waals surface area contributed by atoms with E-state index >= 15 is 0 Å². The molecule has 0 atom stereocenters. The first-order valence-electron chi connectivity index (χ1n) is 5.18. The molecule has 2 aromatic carbocycles. The molecule has 0 bridgehead atoms. The van der Waals surface area contributed by atoms with Crippen LogP contribution in [0.15, 0.2) is 51.7 Å². The van der Waals surface area contributed by atoms with Crippen molar-refractivity contribution in [1.29, 1.82) is 0 Å². The minimum Gasteiger partial charge on any atom is -0.456 e. The lowest BCUT2D eigenvalue weighted by atomic mass is 9.93. The van der Waals surface area contributed by atoms with Crippen molar-refractivity contribution in [3.63, 3.8) is 0 Å². The summed E-state index contributed by atoms with van der Waals surface area (Å²) in [5.74, 6) is 0. The third kappa shape index (κ3) is 1.18. The highest BCUT2D eigenvalue weighted by Crippen LogP contribution is 2.16. The zero-order valence-electron chi connectivity index (χ0n) is 8.86. The number of benzene rings is 2. The van der Waals surface area contributed by atoms with Crippen LogP contribution in [0.5, 0.6) is 0 Å². The van der Waals surface area contributed by atoms with E-state index in [2.05, 4.69) is 0 Å². The van der Waals surface area contributed by atoms with Gasteiger partial charge in [-0.3, -0.25) is 4.79 Å². The van der Waals surface area contributed by atoms with Crippen molar-refractivity contribution in [3.8, 4) is 0 Å². The summed E-state index contributed by atoms with van der Waals surface area (Å²) in [4.78, 5) is 12.2. The highest BCUT2D eigenvalue weighted by molar-refractivity contribution is 6.37. The maximum Gasteiger partial charge on any atom is 0.200 e. The fraction of sp³-hybridized carbons (Fsp3) is 0. The molecule has 16 heavy (non-hydrogen) atoms. The van der Waals surface area contributed by atoms with Gasteiger partial charge in [0.05, 0.1) is 10.8 Å². The van der Waals surface area contributed by atoms with Gasteiger partial charge in [-0.15, -0.1) is 0 Å². The fourth-order valence-corrected chi connectivity index (χ4v) is 1.97. The van der Waals surface area contributed by atoms with Gasteiger partial charge in [0.25, 0.3) is 0 Å². The molecule has 0 aliphatic rings. The lowest BCUT2D eigenvalue weighted by molar-refractivity contribution is 0.662. The summed E-state index contributed by atoms with van der Waals surface area (Å²) in [7, 11) is 1.94. The Balaban J connectivity index is 2.67. The Morgan fingerprint density at radius 3 is 2.56 bits per heavy atom. The zero-order valence-corrected chi connectivity index (χ0v) is 8.86. The molecule has 3 rings (SSSR count). The topological polar surface area (TPSA) is 30.2 Å². The van der Waals surface area contributed by atoms with Crippen molar-refractivity contribution in [1.82, 2.24) is 0 Å². The maximum absolute atomic E-state index is 12.2. The summed E-state index contributed by atoms with van der Waals surface area (Å²) in [6, 6.07) is 13.0. The van der Waals surface area contributed by atoms with E-state index < -0.39 is 0 Å². The first-order chi connectivity index (χ1) is 7.77. The van der Waals surface area contributed by atoms with Crippen molar-refractivity contribution in [3.05, 3.63) is 52.7 Å². The van der Waals surface area contributed by atoms with Crippen LogP contribution >= 0.6 is 0 Å². The Kier molecular flexibility index (Phi) is 1.87. The Morgan fingerprint density at radius 1 is 0.938 bits per heavy atom. The van der Waals surface area contributed by atoms with Crippen LogP contribution in [0.2, 0.25) is 0 Å². The molecule has 0 saturated heterocycles. The average molecular weight is 208 g/mol. The van der Waals surface area contributed by atoms with E-state index in [4.69, 9.17) is 4.42 Å². The van der Waals surface area contributed by atoms with Gasteiger partial charge in [-0.2, -0.15) is 0 Å². The molecule has 3 heteroatoms. The van der Waals surface area contributed by atoms with E-state index in [-0.39, 0.29) is 5.43 Å². The predicted molar refractivity (Wildman–Crippen MR) is 68.2 cm³/mol. The smallest absolute Gasteiger partial charge is 0.200 e. The quantitative estimate of drug-likeness (QED) is 0.410. The summed E-state index contributed by atoms with van der Waals surface area (Å²) in [5.41, 5.74) is 2.36. The lowest BCUT2D eigenvalue weighted by Gasteiger charge is -2.02. The average Bonchev–Trinajstić information content (AvgIpc) is 2.31. The standard InChI is InChI=1S/C13H9BO2/c14-10-6-3-5-9-12(15)8-4-1-2-7-11(8)16-13(9)10/h1-7H,14H2. The van der Waals surface area contributed by atoms with Crippen LogP contribution in [0.3, 0.4) is 0 Å². The molecule has 0 unspecified atom stereocenters. The molecule has 2 nitrogen and oxygen atoms in total. The van der Waals surface area contributed by atoms with Crippen LogP contribution in [0.25, 0.3) is 21.9 Å². The number of hydrogen-bond acceptors (Lipinski definition) is 2. The monoisotopic (exact) mass is 208 g/mol. The van der Waals surface area contributed by atoms with E-state index in [1.807, 2.05) is 38.2 Å². The Hall–Kier alpha value is -2.03. The highest BCUT2D eigenvalue weighted by atomic mass is 16.3. The molecular weight excluding hydrogens is 199 g/mol. The van der Waals surface area contributed by atoms with E-state index in [1.54, 1.807) is 12.1 Å². The second-order valence-corrected chi connectivity index (χ2v) is 3.88. The molecule has 3 aromatic rings. The van der Waals surface area contributed by atoms with Crippen LogP contribution in [0, 0.1) is 0 Å². The van der Waals surface area contributed by atoms with Crippen LogP contribution in [-0.2, 0) is 0 Å². The van der Waals surface area contributed by atoms with Crippen LogP contribution in [0.1, 0.15) is 0 Å². The largest absolute Gasteiger partial charge is 0.456 e. The summed E-state index contributed by atoms with van der Waals surface area (Å²) < 4.78 is 5.76. The normalized spacial score (nSPS) is 11.0. The first-order valence-corrected chi connectivity index (χ1v) is 5.18. The predicted octanol–water partition coefficient (Wildman–Crippen LogP) is 1.20.